The molecule has 0 saturated heterocycles. The molecule has 1 rings (SSSR count). The van der Waals surface area contributed by atoms with Crippen LogP contribution < -0.4 is 0 Å². The lowest BCUT2D eigenvalue weighted by atomic mass is 10.1. The van der Waals surface area contributed by atoms with Crippen LogP contribution >= 0.6 is 12.6 Å². The number of hydrogen-bond donors (Lipinski definition) is 2. The Bertz CT molecular complexity index is 388. The summed E-state index contributed by atoms with van der Waals surface area (Å²) in [5.41, 5.74) is 1.70. The zero-order valence-corrected chi connectivity index (χ0v) is 9.37. The molecule has 0 atom stereocenters. The molecule has 0 spiro atoms. The highest BCUT2D eigenvalue weighted by atomic mass is 32.1. The van der Waals surface area contributed by atoms with Crippen LogP contribution in [0, 0.1) is 6.92 Å². The van der Waals surface area contributed by atoms with Gasteiger partial charge in [-0.1, -0.05) is 12.2 Å². The summed E-state index contributed by atoms with van der Waals surface area (Å²) in [6.07, 6.45) is 6.36. The fourth-order valence-electron chi connectivity index (χ4n) is 1.21. The van der Waals surface area contributed by atoms with Gasteiger partial charge in [0.1, 0.15) is 0 Å². The third-order valence-corrected chi connectivity index (χ3v) is 2.17. The van der Waals surface area contributed by atoms with Crippen molar-refractivity contribution in [1.82, 2.24) is 4.98 Å². The number of aryl methyl sites for hydroxylation is 1. The van der Waals surface area contributed by atoms with Gasteiger partial charge in [0.25, 0.3) is 0 Å². The van der Waals surface area contributed by atoms with Crippen LogP contribution in [-0.4, -0.2) is 21.8 Å². The quantitative estimate of drug-likeness (QED) is 0.771. The highest BCUT2D eigenvalue weighted by molar-refractivity contribution is 7.80. The number of carbonyl (C=O) groups is 1. The largest absolute Gasteiger partial charge is 0.477 e. The Morgan fingerprint density at radius 1 is 1.67 bits per heavy atom. The fraction of sp³-hybridized carbons (Fsp3) is 0.273. The minimum Gasteiger partial charge on any atom is -0.477 e. The van der Waals surface area contributed by atoms with Crippen LogP contribution in [0.3, 0.4) is 0 Å². The molecule has 0 saturated carbocycles. The number of hydrogen-bond acceptors (Lipinski definition) is 3. The van der Waals surface area contributed by atoms with Crippen molar-refractivity contribution < 1.29 is 9.90 Å². The average Bonchev–Trinajstić information content (AvgIpc) is 2.17. The topological polar surface area (TPSA) is 50.2 Å². The van der Waals surface area contributed by atoms with E-state index in [0.717, 1.165) is 17.7 Å². The van der Waals surface area contributed by atoms with E-state index in [-0.39, 0.29) is 5.69 Å². The van der Waals surface area contributed by atoms with Gasteiger partial charge in [-0.2, -0.15) is 12.6 Å². The SMILES string of the molecule is Cc1cc(C=CCCS)cnc1C(=O)O. The standard InChI is InChI=1S/C11H13NO2S/c1-8-6-9(4-2-3-5-15)7-12-10(8)11(13)14/h2,4,6-7,15H,3,5H2,1H3,(H,13,14). The summed E-state index contributed by atoms with van der Waals surface area (Å²) in [5.74, 6) is -0.186. The van der Waals surface area contributed by atoms with E-state index in [1.165, 1.54) is 0 Å². The van der Waals surface area contributed by atoms with Crippen molar-refractivity contribution in [3.63, 3.8) is 0 Å². The van der Waals surface area contributed by atoms with Gasteiger partial charge >= 0.3 is 5.97 Å². The van der Waals surface area contributed by atoms with Crippen molar-refractivity contribution >= 4 is 24.7 Å². The Morgan fingerprint density at radius 2 is 2.40 bits per heavy atom. The molecular weight excluding hydrogens is 210 g/mol. The van der Waals surface area contributed by atoms with Crippen molar-refractivity contribution in [3.05, 3.63) is 35.2 Å². The molecule has 0 fully saturated rings. The molecule has 1 aromatic rings. The molecule has 0 aliphatic carbocycles. The minimum absolute atomic E-state index is 0.112. The first-order valence-electron chi connectivity index (χ1n) is 4.62. The molecule has 1 heterocycles. The van der Waals surface area contributed by atoms with Crippen LogP contribution in [0.15, 0.2) is 18.3 Å². The number of pyridine rings is 1. The van der Waals surface area contributed by atoms with Gasteiger partial charge in [-0.15, -0.1) is 0 Å². The van der Waals surface area contributed by atoms with Crippen molar-refractivity contribution in [2.45, 2.75) is 13.3 Å². The van der Waals surface area contributed by atoms with Gasteiger partial charge in [-0.25, -0.2) is 9.78 Å². The molecule has 1 aromatic heterocycles. The minimum atomic E-state index is -0.988. The monoisotopic (exact) mass is 223 g/mol. The van der Waals surface area contributed by atoms with Gasteiger partial charge < -0.3 is 5.11 Å². The highest BCUT2D eigenvalue weighted by Crippen LogP contribution is 2.09. The predicted octanol–water partition coefficient (Wildman–Crippen LogP) is 2.42. The molecule has 0 bridgehead atoms. The maximum atomic E-state index is 10.7. The average molecular weight is 223 g/mol. The number of carboxylic acids is 1. The second-order valence-corrected chi connectivity index (χ2v) is 3.60. The molecule has 15 heavy (non-hydrogen) atoms. The molecule has 0 aliphatic rings. The summed E-state index contributed by atoms with van der Waals surface area (Å²) in [5, 5.41) is 8.78. The van der Waals surface area contributed by atoms with Gasteiger partial charge in [0, 0.05) is 6.20 Å². The van der Waals surface area contributed by atoms with E-state index in [1.807, 2.05) is 18.2 Å². The van der Waals surface area contributed by atoms with E-state index in [9.17, 15) is 4.79 Å². The van der Waals surface area contributed by atoms with Crippen LogP contribution in [0.1, 0.15) is 28.0 Å². The number of aromatic nitrogens is 1. The molecule has 1 N–H and O–H groups in total. The molecule has 4 heteroatoms. The van der Waals surface area contributed by atoms with Crippen molar-refractivity contribution in [2.75, 3.05) is 5.75 Å². The second kappa shape index (κ2) is 5.56. The Balaban J connectivity index is 2.87. The first-order valence-corrected chi connectivity index (χ1v) is 5.25. The fourth-order valence-corrected chi connectivity index (χ4v) is 1.35. The number of allylic oxidation sites excluding steroid dienone is 1. The molecule has 0 amide bonds. The summed E-state index contributed by atoms with van der Waals surface area (Å²) in [6.45, 7) is 1.74. The molecular formula is C11H13NO2S. The Hall–Kier alpha value is -1.29. The van der Waals surface area contributed by atoms with Gasteiger partial charge in [0.2, 0.25) is 0 Å². The predicted molar refractivity (Wildman–Crippen MR) is 63.4 cm³/mol. The Kier molecular flexibility index (Phi) is 4.37. The van der Waals surface area contributed by atoms with Gasteiger partial charge in [-0.05, 0) is 36.3 Å². The highest BCUT2D eigenvalue weighted by Gasteiger charge is 2.07. The molecule has 0 unspecified atom stereocenters. The third kappa shape index (κ3) is 3.40. The molecule has 80 valence electrons. The number of nitrogens with zero attached hydrogens (tertiary/aromatic N) is 1. The maximum absolute atomic E-state index is 10.7. The van der Waals surface area contributed by atoms with Crippen molar-refractivity contribution in [3.8, 4) is 0 Å². The van der Waals surface area contributed by atoms with E-state index >= 15 is 0 Å². The lowest BCUT2D eigenvalue weighted by molar-refractivity contribution is 0.0689. The van der Waals surface area contributed by atoms with Crippen LogP contribution in [0.5, 0.6) is 0 Å². The summed E-state index contributed by atoms with van der Waals surface area (Å²) in [4.78, 5) is 14.6. The van der Waals surface area contributed by atoms with Crippen LogP contribution in [0.25, 0.3) is 6.08 Å². The summed E-state index contributed by atoms with van der Waals surface area (Å²) < 4.78 is 0. The first-order chi connectivity index (χ1) is 7.15. The van der Waals surface area contributed by atoms with E-state index < -0.39 is 5.97 Å². The van der Waals surface area contributed by atoms with Crippen LogP contribution in [0.2, 0.25) is 0 Å². The van der Waals surface area contributed by atoms with E-state index in [4.69, 9.17) is 5.11 Å². The van der Waals surface area contributed by atoms with E-state index in [2.05, 4.69) is 17.6 Å². The summed E-state index contributed by atoms with van der Waals surface area (Å²) in [7, 11) is 0. The number of carboxylic acid groups (broad SMARTS) is 1. The molecule has 0 radical (unpaired) electrons. The summed E-state index contributed by atoms with van der Waals surface area (Å²) >= 11 is 4.09. The van der Waals surface area contributed by atoms with Crippen LogP contribution in [-0.2, 0) is 0 Å². The lowest BCUT2D eigenvalue weighted by Gasteiger charge is -2.00. The first kappa shape index (κ1) is 11.8. The van der Waals surface area contributed by atoms with Crippen molar-refractivity contribution in [2.24, 2.45) is 0 Å². The lowest BCUT2D eigenvalue weighted by Crippen LogP contribution is -2.03. The van der Waals surface area contributed by atoms with E-state index in [1.54, 1.807) is 13.1 Å². The number of rotatable bonds is 4. The summed E-state index contributed by atoms with van der Waals surface area (Å²) in [6, 6.07) is 1.81. The number of aromatic carboxylic acids is 1. The molecule has 0 aromatic carbocycles. The molecule has 0 aliphatic heterocycles. The maximum Gasteiger partial charge on any atom is 0.354 e. The van der Waals surface area contributed by atoms with Gasteiger partial charge in [0.15, 0.2) is 5.69 Å². The van der Waals surface area contributed by atoms with E-state index in [0.29, 0.717) is 5.56 Å². The normalized spacial score (nSPS) is 10.8. The van der Waals surface area contributed by atoms with Crippen molar-refractivity contribution in [1.29, 1.82) is 0 Å². The second-order valence-electron chi connectivity index (χ2n) is 3.15. The Morgan fingerprint density at radius 3 is 2.93 bits per heavy atom. The van der Waals surface area contributed by atoms with Gasteiger partial charge in [0.05, 0.1) is 0 Å². The zero-order valence-electron chi connectivity index (χ0n) is 8.47. The third-order valence-electron chi connectivity index (χ3n) is 1.91. The molecule has 3 nitrogen and oxygen atoms in total. The zero-order chi connectivity index (χ0) is 11.3. The smallest absolute Gasteiger partial charge is 0.354 e. The van der Waals surface area contributed by atoms with Crippen LogP contribution in [0.4, 0.5) is 0 Å². The Labute approximate surface area is 94.3 Å². The number of thiol groups is 1. The van der Waals surface area contributed by atoms with Gasteiger partial charge in [-0.3, -0.25) is 0 Å².